The topological polar surface area (TPSA) is 50.5 Å². The summed E-state index contributed by atoms with van der Waals surface area (Å²) in [6, 6.07) is 30.3. The van der Waals surface area contributed by atoms with Crippen molar-refractivity contribution in [2.75, 3.05) is 4.90 Å². The Bertz CT molecular complexity index is 1640. The fraction of sp³-hybridized carbons (Fsp3) is 0.0968. The van der Waals surface area contributed by atoms with Gasteiger partial charge in [-0.2, -0.15) is 0 Å². The van der Waals surface area contributed by atoms with E-state index in [-0.39, 0.29) is 12.1 Å². The van der Waals surface area contributed by atoms with E-state index in [1.54, 1.807) is 18.3 Å². The molecule has 0 saturated carbocycles. The molecule has 1 N–H and O–H groups in total. The van der Waals surface area contributed by atoms with Crippen molar-refractivity contribution in [3.63, 3.8) is 0 Å². The third-order valence-electron chi connectivity index (χ3n) is 6.65. The van der Waals surface area contributed by atoms with Crippen molar-refractivity contribution in [1.29, 1.82) is 0 Å². The van der Waals surface area contributed by atoms with Crippen molar-refractivity contribution >= 4 is 46.2 Å². The van der Waals surface area contributed by atoms with Gasteiger partial charge in [-0.3, -0.25) is 4.98 Å². The molecular formula is C31H23Cl2N3O2S. The highest BCUT2D eigenvalue weighted by atomic mass is 35.5. The van der Waals surface area contributed by atoms with Crippen LogP contribution in [0.5, 0.6) is 11.5 Å². The summed E-state index contributed by atoms with van der Waals surface area (Å²) >= 11 is 18.4. The Hall–Kier alpha value is -3.84. The molecule has 3 aromatic carbocycles. The van der Waals surface area contributed by atoms with Crippen molar-refractivity contribution in [2.45, 2.75) is 19.0 Å². The molecule has 8 heteroatoms. The summed E-state index contributed by atoms with van der Waals surface area (Å²) in [5.41, 5.74) is 3.59. The minimum Gasteiger partial charge on any atom is -0.459 e. The smallest absolute Gasteiger partial charge is 0.174 e. The van der Waals surface area contributed by atoms with Crippen molar-refractivity contribution < 1.29 is 9.15 Å². The molecule has 5 aromatic rings. The number of pyridine rings is 1. The van der Waals surface area contributed by atoms with Crippen molar-refractivity contribution in [2.24, 2.45) is 0 Å². The van der Waals surface area contributed by atoms with E-state index in [0.717, 1.165) is 39.8 Å². The Kier molecular flexibility index (Phi) is 7.00. The molecule has 5 nitrogen and oxygen atoms in total. The molecular weight excluding hydrogens is 549 g/mol. The summed E-state index contributed by atoms with van der Waals surface area (Å²) < 4.78 is 12.5. The number of anilines is 1. The summed E-state index contributed by atoms with van der Waals surface area (Å²) in [5.74, 6) is 2.92. The van der Waals surface area contributed by atoms with E-state index in [4.69, 9.17) is 44.6 Å². The predicted octanol–water partition coefficient (Wildman–Crippen LogP) is 8.93. The van der Waals surface area contributed by atoms with Gasteiger partial charge in [0.25, 0.3) is 0 Å². The molecule has 2 atom stereocenters. The first-order chi connectivity index (χ1) is 19.0. The summed E-state index contributed by atoms with van der Waals surface area (Å²) in [5, 5.41) is 5.12. The van der Waals surface area contributed by atoms with Crippen LogP contribution in [0.2, 0.25) is 10.0 Å². The summed E-state index contributed by atoms with van der Waals surface area (Å²) in [4.78, 5) is 6.66. The number of ether oxygens (including phenoxy) is 1. The Balaban J connectivity index is 1.36. The molecule has 39 heavy (non-hydrogen) atoms. The van der Waals surface area contributed by atoms with E-state index in [1.165, 1.54) is 0 Å². The number of furan rings is 1. The second-order valence-electron chi connectivity index (χ2n) is 9.18. The Labute approximate surface area is 242 Å². The van der Waals surface area contributed by atoms with Gasteiger partial charge in [-0.05, 0) is 97.5 Å². The molecule has 1 aliphatic heterocycles. The van der Waals surface area contributed by atoms with Crippen molar-refractivity contribution in [3.05, 3.63) is 130 Å². The fourth-order valence-corrected chi connectivity index (χ4v) is 5.59. The quantitative estimate of drug-likeness (QED) is 0.205. The molecule has 0 amide bonds. The summed E-state index contributed by atoms with van der Waals surface area (Å²) in [7, 11) is 0. The fourth-order valence-electron chi connectivity index (χ4n) is 4.74. The van der Waals surface area contributed by atoms with Gasteiger partial charge in [0, 0.05) is 22.5 Å². The lowest BCUT2D eigenvalue weighted by molar-refractivity contribution is 0.439. The minimum absolute atomic E-state index is 0.235. The first-order valence-electron chi connectivity index (χ1n) is 12.4. The van der Waals surface area contributed by atoms with Gasteiger partial charge in [0.1, 0.15) is 29.1 Å². The molecule has 1 fully saturated rings. The Morgan fingerprint density at radius 1 is 0.923 bits per heavy atom. The lowest BCUT2D eigenvalue weighted by atomic mass is 10.0. The van der Waals surface area contributed by atoms with Gasteiger partial charge in [0.2, 0.25) is 0 Å². The van der Waals surface area contributed by atoms with Crippen LogP contribution in [-0.4, -0.2) is 10.1 Å². The highest BCUT2D eigenvalue weighted by Crippen LogP contribution is 2.44. The Morgan fingerprint density at radius 3 is 2.46 bits per heavy atom. The van der Waals surface area contributed by atoms with E-state index in [2.05, 4.69) is 15.2 Å². The predicted molar refractivity (Wildman–Crippen MR) is 160 cm³/mol. The molecule has 6 rings (SSSR count). The van der Waals surface area contributed by atoms with E-state index in [1.807, 2.05) is 91.9 Å². The third kappa shape index (κ3) is 5.11. The molecule has 2 aromatic heterocycles. The summed E-state index contributed by atoms with van der Waals surface area (Å²) in [6.07, 6.45) is 1.78. The van der Waals surface area contributed by atoms with Gasteiger partial charge < -0.3 is 19.4 Å². The molecule has 1 saturated heterocycles. The van der Waals surface area contributed by atoms with Crippen LogP contribution in [0.1, 0.15) is 29.1 Å². The standard InChI is InChI=1S/C31H23Cl2N3O2S/c1-19-6-2-3-8-26(19)37-22-12-10-21(11-13-22)36-30(29(35-31(36)39)25-7-4-5-17-34-25)28-16-15-27(38-28)23-14-9-20(32)18-24(23)33/h2-18,29-30H,1H3,(H,35,39). The maximum Gasteiger partial charge on any atom is 0.174 e. The zero-order valence-electron chi connectivity index (χ0n) is 20.8. The number of aromatic nitrogens is 1. The van der Waals surface area contributed by atoms with Crippen molar-refractivity contribution in [1.82, 2.24) is 10.3 Å². The monoisotopic (exact) mass is 571 g/mol. The molecule has 0 aliphatic carbocycles. The zero-order chi connectivity index (χ0) is 26.9. The van der Waals surface area contributed by atoms with Crippen LogP contribution in [0.4, 0.5) is 5.69 Å². The minimum atomic E-state index is -0.296. The largest absolute Gasteiger partial charge is 0.459 e. The number of benzene rings is 3. The first kappa shape index (κ1) is 25.4. The van der Waals surface area contributed by atoms with Gasteiger partial charge >= 0.3 is 0 Å². The number of hydrogen-bond acceptors (Lipinski definition) is 4. The maximum atomic E-state index is 6.48. The highest BCUT2D eigenvalue weighted by molar-refractivity contribution is 7.80. The van der Waals surface area contributed by atoms with E-state index < -0.39 is 0 Å². The van der Waals surface area contributed by atoms with Crippen LogP contribution in [0.15, 0.2) is 108 Å². The average Bonchev–Trinajstić information content (AvgIpc) is 3.55. The van der Waals surface area contributed by atoms with E-state index >= 15 is 0 Å². The number of thiocarbonyl (C=S) groups is 1. The van der Waals surface area contributed by atoms with Crippen molar-refractivity contribution in [3.8, 4) is 22.8 Å². The number of rotatable bonds is 6. The number of halogens is 2. The maximum absolute atomic E-state index is 6.48. The molecule has 0 radical (unpaired) electrons. The second kappa shape index (κ2) is 10.7. The van der Waals surface area contributed by atoms with Gasteiger partial charge in [0.05, 0.1) is 16.8 Å². The summed E-state index contributed by atoms with van der Waals surface area (Å²) in [6.45, 7) is 2.02. The normalized spacial score (nSPS) is 16.8. The number of nitrogens with one attached hydrogen (secondary N) is 1. The molecule has 1 aliphatic rings. The van der Waals surface area contributed by atoms with Crippen LogP contribution in [0.25, 0.3) is 11.3 Å². The SMILES string of the molecule is Cc1ccccc1Oc1ccc(N2C(=S)NC(c3ccccn3)C2c2ccc(-c3ccc(Cl)cc3Cl)o2)cc1. The zero-order valence-corrected chi connectivity index (χ0v) is 23.2. The van der Waals surface area contributed by atoms with Crippen LogP contribution >= 0.6 is 35.4 Å². The number of para-hydroxylation sites is 1. The van der Waals surface area contributed by atoms with Crippen LogP contribution in [0.3, 0.4) is 0 Å². The molecule has 0 spiro atoms. The number of hydrogen-bond donors (Lipinski definition) is 1. The number of aryl methyl sites for hydroxylation is 1. The van der Waals surface area contributed by atoms with Crippen LogP contribution < -0.4 is 15.0 Å². The van der Waals surface area contributed by atoms with Crippen LogP contribution in [-0.2, 0) is 0 Å². The van der Waals surface area contributed by atoms with Gasteiger partial charge in [-0.15, -0.1) is 0 Å². The first-order valence-corrected chi connectivity index (χ1v) is 13.5. The Morgan fingerprint density at radius 2 is 1.72 bits per heavy atom. The lowest BCUT2D eigenvalue weighted by Crippen LogP contribution is -2.29. The average molecular weight is 573 g/mol. The van der Waals surface area contributed by atoms with Gasteiger partial charge in [0.15, 0.2) is 5.11 Å². The number of nitrogens with zero attached hydrogens (tertiary/aromatic N) is 2. The van der Waals surface area contributed by atoms with Gasteiger partial charge in [-0.1, -0.05) is 47.5 Å². The second-order valence-corrected chi connectivity index (χ2v) is 10.4. The van der Waals surface area contributed by atoms with E-state index in [9.17, 15) is 0 Å². The molecule has 2 unspecified atom stereocenters. The van der Waals surface area contributed by atoms with Crippen LogP contribution in [0, 0.1) is 6.92 Å². The molecule has 194 valence electrons. The third-order valence-corrected chi connectivity index (χ3v) is 7.51. The lowest BCUT2D eigenvalue weighted by Gasteiger charge is -2.26. The van der Waals surface area contributed by atoms with Gasteiger partial charge in [-0.25, -0.2) is 0 Å². The molecule has 0 bridgehead atoms. The molecule has 3 heterocycles. The highest BCUT2D eigenvalue weighted by Gasteiger charge is 2.42. The van der Waals surface area contributed by atoms with E-state index in [0.29, 0.717) is 20.9 Å².